The van der Waals surface area contributed by atoms with Crippen LogP contribution in [-0.4, -0.2) is 15.2 Å². The summed E-state index contributed by atoms with van der Waals surface area (Å²) in [5, 5.41) is 7.79. The van der Waals surface area contributed by atoms with E-state index in [1.54, 1.807) is 18.6 Å². The molecule has 0 saturated carbocycles. The minimum Gasteiger partial charge on any atom is -0.322 e. The van der Waals surface area contributed by atoms with Crippen molar-refractivity contribution < 1.29 is 0 Å². The Kier molecular flexibility index (Phi) is 2.99. The molecule has 0 aliphatic heterocycles. The highest BCUT2D eigenvalue weighted by atomic mass is 15.1. The van der Waals surface area contributed by atoms with Gasteiger partial charge >= 0.3 is 0 Å². The van der Waals surface area contributed by atoms with E-state index >= 15 is 0 Å². The van der Waals surface area contributed by atoms with Crippen LogP contribution >= 0.6 is 0 Å². The third-order valence-electron chi connectivity index (χ3n) is 2.18. The molecule has 0 saturated heterocycles. The number of hydrogen-bond acceptors (Lipinski definition) is 4. The molecule has 2 heterocycles. The maximum Gasteiger partial charge on any atom is 0.0801 e. The summed E-state index contributed by atoms with van der Waals surface area (Å²) in [6.45, 7) is 0. The van der Waals surface area contributed by atoms with Gasteiger partial charge < -0.3 is 5.73 Å². The Morgan fingerprint density at radius 2 is 1.93 bits per heavy atom. The Morgan fingerprint density at radius 3 is 2.60 bits per heavy atom. The predicted molar refractivity (Wildman–Crippen MR) is 56.9 cm³/mol. The highest BCUT2D eigenvalue weighted by Gasteiger charge is 2.07. The Morgan fingerprint density at radius 1 is 1.13 bits per heavy atom. The van der Waals surface area contributed by atoms with Crippen molar-refractivity contribution in [3.8, 4) is 0 Å². The fourth-order valence-corrected chi connectivity index (χ4v) is 1.39. The SMILES string of the molecule is NC(Cc1ccncc1)c1cccnn1. The van der Waals surface area contributed by atoms with E-state index in [4.69, 9.17) is 5.73 Å². The van der Waals surface area contributed by atoms with Gasteiger partial charge in [0.1, 0.15) is 0 Å². The van der Waals surface area contributed by atoms with Crippen LogP contribution in [-0.2, 0) is 6.42 Å². The Labute approximate surface area is 88.2 Å². The van der Waals surface area contributed by atoms with Gasteiger partial charge in [0.05, 0.1) is 11.7 Å². The van der Waals surface area contributed by atoms with Gasteiger partial charge in [0.15, 0.2) is 0 Å². The second kappa shape index (κ2) is 4.61. The molecule has 0 spiro atoms. The van der Waals surface area contributed by atoms with Crippen molar-refractivity contribution >= 4 is 0 Å². The Balaban J connectivity index is 2.08. The van der Waals surface area contributed by atoms with E-state index in [1.807, 2.05) is 24.3 Å². The fraction of sp³-hybridized carbons (Fsp3) is 0.182. The number of nitrogens with zero attached hydrogens (tertiary/aromatic N) is 3. The van der Waals surface area contributed by atoms with Crippen LogP contribution in [0.5, 0.6) is 0 Å². The van der Waals surface area contributed by atoms with Gasteiger partial charge in [-0.1, -0.05) is 0 Å². The van der Waals surface area contributed by atoms with Crippen molar-refractivity contribution in [2.75, 3.05) is 0 Å². The molecule has 0 aliphatic rings. The van der Waals surface area contributed by atoms with Crippen LogP contribution in [0, 0.1) is 0 Å². The maximum atomic E-state index is 6.00. The van der Waals surface area contributed by atoms with Crippen LogP contribution in [0.1, 0.15) is 17.3 Å². The second-order valence-corrected chi connectivity index (χ2v) is 3.31. The maximum absolute atomic E-state index is 6.00. The molecule has 4 heteroatoms. The highest BCUT2D eigenvalue weighted by Crippen LogP contribution is 2.11. The van der Waals surface area contributed by atoms with Crippen molar-refractivity contribution in [3.63, 3.8) is 0 Å². The van der Waals surface area contributed by atoms with E-state index in [2.05, 4.69) is 15.2 Å². The summed E-state index contributed by atoms with van der Waals surface area (Å²) >= 11 is 0. The minimum absolute atomic E-state index is 0.110. The zero-order valence-electron chi connectivity index (χ0n) is 8.24. The standard InChI is InChI=1S/C11H12N4/c12-10(11-2-1-5-14-15-11)8-9-3-6-13-7-4-9/h1-7,10H,8,12H2. The average molecular weight is 200 g/mol. The molecular formula is C11H12N4. The minimum atomic E-state index is -0.110. The average Bonchev–Trinajstić information content (AvgIpc) is 2.31. The van der Waals surface area contributed by atoms with Crippen molar-refractivity contribution in [1.29, 1.82) is 0 Å². The largest absolute Gasteiger partial charge is 0.322 e. The molecule has 1 unspecified atom stereocenters. The molecule has 2 aromatic heterocycles. The fourth-order valence-electron chi connectivity index (χ4n) is 1.39. The molecule has 4 nitrogen and oxygen atoms in total. The van der Waals surface area contributed by atoms with Crippen LogP contribution in [0.25, 0.3) is 0 Å². The molecule has 1 atom stereocenters. The van der Waals surface area contributed by atoms with Crippen LogP contribution < -0.4 is 5.73 Å². The third-order valence-corrected chi connectivity index (χ3v) is 2.18. The van der Waals surface area contributed by atoms with E-state index in [1.165, 1.54) is 0 Å². The highest BCUT2D eigenvalue weighted by molar-refractivity contribution is 5.15. The lowest BCUT2D eigenvalue weighted by molar-refractivity contribution is 0.679. The van der Waals surface area contributed by atoms with Gasteiger partial charge in [-0.2, -0.15) is 10.2 Å². The lowest BCUT2D eigenvalue weighted by atomic mass is 10.1. The van der Waals surface area contributed by atoms with E-state index < -0.39 is 0 Å². The lowest BCUT2D eigenvalue weighted by Gasteiger charge is -2.09. The zero-order valence-corrected chi connectivity index (χ0v) is 8.24. The quantitative estimate of drug-likeness (QED) is 0.806. The van der Waals surface area contributed by atoms with Gasteiger partial charge in [-0.25, -0.2) is 0 Å². The number of hydrogen-bond donors (Lipinski definition) is 1. The molecule has 0 bridgehead atoms. The summed E-state index contributed by atoms with van der Waals surface area (Å²) < 4.78 is 0. The van der Waals surface area contributed by atoms with Crippen molar-refractivity contribution in [2.45, 2.75) is 12.5 Å². The van der Waals surface area contributed by atoms with Crippen LogP contribution in [0.2, 0.25) is 0 Å². The normalized spacial score (nSPS) is 12.3. The molecule has 15 heavy (non-hydrogen) atoms. The van der Waals surface area contributed by atoms with Gasteiger partial charge in [0.25, 0.3) is 0 Å². The molecule has 0 aromatic carbocycles. The predicted octanol–water partition coefficient (Wildman–Crippen LogP) is 1.11. The topological polar surface area (TPSA) is 64.7 Å². The van der Waals surface area contributed by atoms with Crippen LogP contribution in [0.15, 0.2) is 42.9 Å². The summed E-state index contributed by atoms with van der Waals surface area (Å²) in [4.78, 5) is 3.96. The van der Waals surface area contributed by atoms with Crippen LogP contribution in [0.3, 0.4) is 0 Å². The van der Waals surface area contributed by atoms with Crippen LogP contribution in [0.4, 0.5) is 0 Å². The van der Waals surface area contributed by atoms with E-state index in [0.29, 0.717) is 0 Å². The number of aromatic nitrogens is 3. The smallest absolute Gasteiger partial charge is 0.0801 e. The monoisotopic (exact) mass is 200 g/mol. The molecule has 0 radical (unpaired) electrons. The molecule has 0 amide bonds. The molecule has 0 fully saturated rings. The zero-order chi connectivity index (χ0) is 10.5. The first kappa shape index (κ1) is 9.73. The van der Waals surface area contributed by atoms with Gasteiger partial charge in [0.2, 0.25) is 0 Å². The lowest BCUT2D eigenvalue weighted by Crippen LogP contribution is -2.15. The van der Waals surface area contributed by atoms with Crippen molar-refractivity contribution in [1.82, 2.24) is 15.2 Å². The van der Waals surface area contributed by atoms with Crippen molar-refractivity contribution in [3.05, 3.63) is 54.1 Å². The summed E-state index contributed by atoms with van der Waals surface area (Å²) in [5.74, 6) is 0. The Hall–Kier alpha value is -1.81. The summed E-state index contributed by atoms with van der Waals surface area (Å²) in [5.41, 5.74) is 7.97. The summed E-state index contributed by atoms with van der Waals surface area (Å²) in [6.07, 6.45) is 5.92. The number of rotatable bonds is 3. The van der Waals surface area contributed by atoms with Crippen molar-refractivity contribution in [2.24, 2.45) is 5.73 Å². The van der Waals surface area contributed by atoms with E-state index in [9.17, 15) is 0 Å². The molecular weight excluding hydrogens is 188 g/mol. The molecule has 2 aromatic rings. The first-order valence-corrected chi connectivity index (χ1v) is 4.78. The van der Waals surface area contributed by atoms with Gasteiger partial charge in [-0.3, -0.25) is 4.98 Å². The second-order valence-electron chi connectivity index (χ2n) is 3.31. The number of nitrogens with two attached hydrogens (primary N) is 1. The molecule has 2 rings (SSSR count). The summed E-state index contributed by atoms with van der Waals surface area (Å²) in [6, 6.07) is 7.53. The first-order chi connectivity index (χ1) is 7.36. The molecule has 0 aliphatic carbocycles. The van der Waals surface area contributed by atoms with Gasteiger partial charge in [-0.15, -0.1) is 0 Å². The van der Waals surface area contributed by atoms with Gasteiger partial charge in [0, 0.05) is 18.6 Å². The molecule has 2 N–H and O–H groups in total. The van der Waals surface area contributed by atoms with E-state index in [-0.39, 0.29) is 6.04 Å². The van der Waals surface area contributed by atoms with Gasteiger partial charge in [-0.05, 0) is 36.2 Å². The molecule has 76 valence electrons. The summed E-state index contributed by atoms with van der Waals surface area (Å²) in [7, 11) is 0. The first-order valence-electron chi connectivity index (χ1n) is 4.78. The Bertz CT molecular complexity index is 401. The third kappa shape index (κ3) is 2.57. The number of pyridine rings is 1. The van der Waals surface area contributed by atoms with E-state index in [0.717, 1.165) is 17.7 Å².